The molecule has 1 unspecified atom stereocenters. The Morgan fingerprint density at radius 1 is 1.36 bits per heavy atom. The van der Waals surface area contributed by atoms with Crippen LogP contribution in [0.4, 0.5) is 4.39 Å². The van der Waals surface area contributed by atoms with Gasteiger partial charge in [-0.25, -0.2) is 4.39 Å². The summed E-state index contributed by atoms with van der Waals surface area (Å²) in [5, 5.41) is 2.72. The summed E-state index contributed by atoms with van der Waals surface area (Å²) in [4.78, 5) is 12.0. The lowest BCUT2D eigenvalue weighted by Crippen LogP contribution is -2.45. The number of nitrogens with one attached hydrogen (secondary N) is 1. The molecule has 1 aliphatic heterocycles. The third kappa shape index (κ3) is 5.49. The summed E-state index contributed by atoms with van der Waals surface area (Å²) in [5.41, 5.74) is 0.455. The van der Waals surface area contributed by atoms with Crippen LogP contribution in [0.3, 0.4) is 0 Å². The Bertz CT molecular complexity index is 694. The Morgan fingerprint density at radius 3 is 2.76 bits per heavy atom. The van der Waals surface area contributed by atoms with Gasteiger partial charge >= 0.3 is 0 Å². The van der Waals surface area contributed by atoms with Crippen LogP contribution in [0.2, 0.25) is 0 Å². The highest BCUT2D eigenvalue weighted by molar-refractivity contribution is 7.86. The summed E-state index contributed by atoms with van der Waals surface area (Å²) in [6.45, 7) is 1.13. The number of carbonyl (C=O) groups excluding carboxylic acids is 1. The first-order chi connectivity index (χ1) is 11.8. The Morgan fingerprint density at radius 2 is 2.08 bits per heavy atom. The molecule has 140 valence electrons. The van der Waals surface area contributed by atoms with Gasteiger partial charge in [0, 0.05) is 45.7 Å². The summed E-state index contributed by atoms with van der Waals surface area (Å²) >= 11 is 0. The minimum Gasteiger partial charge on any atom is -0.352 e. The highest BCUT2D eigenvalue weighted by atomic mass is 32.2. The molecule has 25 heavy (non-hydrogen) atoms. The van der Waals surface area contributed by atoms with Crippen LogP contribution in [0.15, 0.2) is 24.3 Å². The number of hydrogen-bond donors (Lipinski definition) is 1. The van der Waals surface area contributed by atoms with E-state index in [9.17, 15) is 17.6 Å². The van der Waals surface area contributed by atoms with Crippen LogP contribution in [0, 0.1) is 11.7 Å². The zero-order valence-electron chi connectivity index (χ0n) is 14.7. The number of hydrogen-bond acceptors (Lipinski definition) is 3. The normalized spacial score (nSPS) is 19.1. The molecule has 1 amide bonds. The van der Waals surface area contributed by atoms with Crippen molar-refractivity contribution in [3.63, 3.8) is 0 Å². The number of piperidine rings is 1. The van der Waals surface area contributed by atoms with Crippen LogP contribution in [0.25, 0.3) is 0 Å². The molecule has 1 fully saturated rings. The van der Waals surface area contributed by atoms with Gasteiger partial charge in [-0.15, -0.1) is 0 Å². The number of halogens is 1. The summed E-state index contributed by atoms with van der Waals surface area (Å²) in [7, 11) is -0.352. The standard InChI is InChI=1S/C17H26FN3O3S/c1-20(2)25(23,24)21-11-5-6-14(13-21)9-10-17(22)19-12-15-7-3-4-8-16(15)18/h3-4,7-8,14H,5-6,9-13H2,1-2H3,(H,19,22). The molecule has 1 aromatic carbocycles. The van der Waals surface area contributed by atoms with Crippen LogP contribution in [0.5, 0.6) is 0 Å². The molecule has 0 spiro atoms. The van der Waals surface area contributed by atoms with E-state index in [1.807, 2.05) is 0 Å². The van der Waals surface area contributed by atoms with Crippen molar-refractivity contribution in [2.24, 2.45) is 5.92 Å². The zero-order chi connectivity index (χ0) is 18.4. The second-order valence-corrected chi connectivity index (χ2v) is 8.71. The number of nitrogens with zero attached hydrogens (tertiary/aromatic N) is 2. The van der Waals surface area contributed by atoms with Crippen molar-refractivity contribution in [2.75, 3.05) is 27.2 Å². The van der Waals surface area contributed by atoms with Gasteiger partial charge in [-0.05, 0) is 31.2 Å². The van der Waals surface area contributed by atoms with E-state index in [1.54, 1.807) is 18.2 Å². The molecule has 1 saturated heterocycles. The highest BCUT2D eigenvalue weighted by Crippen LogP contribution is 2.23. The van der Waals surface area contributed by atoms with Crippen LogP contribution in [-0.2, 0) is 21.5 Å². The molecule has 2 rings (SSSR count). The maximum atomic E-state index is 13.5. The Kier molecular flexibility index (Phi) is 6.92. The molecular formula is C17H26FN3O3S. The summed E-state index contributed by atoms with van der Waals surface area (Å²) in [5.74, 6) is -0.307. The molecule has 0 bridgehead atoms. The molecule has 0 radical (unpaired) electrons. The van der Waals surface area contributed by atoms with Crippen molar-refractivity contribution in [1.82, 2.24) is 13.9 Å². The molecule has 1 aromatic rings. The lowest BCUT2D eigenvalue weighted by atomic mass is 9.94. The molecule has 1 heterocycles. The van der Waals surface area contributed by atoms with Crippen molar-refractivity contribution in [2.45, 2.75) is 32.2 Å². The predicted octanol–water partition coefficient (Wildman–Crippen LogP) is 1.74. The van der Waals surface area contributed by atoms with Gasteiger partial charge in [-0.3, -0.25) is 4.79 Å². The van der Waals surface area contributed by atoms with E-state index in [1.165, 1.54) is 28.8 Å². The third-order valence-electron chi connectivity index (χ3n) is 4.48. The van der Waals surface area contributed by atoms with Crippen LogP contribution in [0.1, 0.15) is 31.2 Å². The molecule has 0 aliphatic carbocycles. The molecule has 1 atom stereocenters. The average Bonchev–Trinajstić information content (AvgIpc) is 2.59. The predicted molar refractivity (Wildman–Crippen MR) is 94.4 cm³/mol. The van der Waals surface area contributed by atoms with Crippen LogP contribution < -0.4 is 5.32 Å². The average molecular weight is 371 g/mol. The Balaban J connectivity index is 1.79. The van der Waals surface area contributed by atoms with E-state index in [-0.39, 0.29) is 24.2 Å². The summed E-state index contributed by atoms with van der Waals surface area (Å²) in [6, 6.07) is 6.34. The molecular weight excluding hydrogens is 345 g/mol. The van der Waals surface area contributed by atoms with E-state index in [4.69, 9.17) is 0 Å². The third-order valence-corrected chi connectivity index (χ3v) is 6.39. The molecule has 0 saturated carbocycles. The zero-order valence-corrected chi connectivity index (χ0v) is 15.6. The van der Waals surface area contributed by atoms with E-state index in [2.05, 4.69) is 5.32 Å². The molecule has 6 nitrogen and oxygen atoms in total. The summed E-state index contributed by atoms with van der Waals surface area (Å²) in [6.07, 6.45) is 2.66. The summed E-state index contributed by atoms with van der Waals surface area (Å²) < 4.78 is 40.6. The second kappa shape index (κ2) is 8.73. The van der Waals surface area contributed by atoms with Crippen molar-refractivity contribution in [3.8, 4) is 0 Å². The first-order valence-electron chi connectivity index (χ1n) is 8.48. The van der Waals surface area contributed by atoms with Crippen molar-refractivity contribution in [1.29, 1.82) is 0 Å². The minimum atomic E-state index is -3.40. The van der Waals surface area contributed by atoms with Gasteiger partial charge in [-0.2, -0.15) is 17.0 Å². The number of rotatable bonds is 7. The van der Waals surface area contributed by atoms with Crippen molar-refractivity contribution in [3.05, 3.63) is 35.6 Å². The first kappa shape index (κ1) is 19.8. The molecule has 1 aliphatic rings. The van der Waals surface area contributed by atoms with Gasteiger partial charge < -0.3 is 5.32 Å². The Hall–Kier alpha value is -1.51. The minimum absolute atomic E-state index is 0.143. The van der Waals surface area contributed by atoms with E-state index in [0.29, 0.717) is 31.5 Å². The first-order valence-corrected chi connectivity index (χ1v) is 9.88. The van der Waals surface area contributed by atoms with Gasteiger partial charge in [0.2, 0.25) is 5.91 Å². The van der Waals surface area contributed by atoms with Gasteiger partial charge in [-0.1, -0.05) is 18.2 Å². The lowest BCUT2D eigenvalue weighted by Gasteiger charge is -2.33. The number of carbonyl (C=O) groups is 1. The Labute approximate surface area is 149 Å². The number of amides is 1. The molecule has 0 aromatic heterocycles. The largest absolute Gasteiger partial charge is 0.352 e. The second-order valence-electron chi connectivity index (χ2n) is 6.56. The van der Waals surface area contributed by atoms with Gasteiger partial charge in [0.1, 0.15) is 5.82 Å². The highest BCUT2D eigenvalue weighted by Gasteiger charge is 2.30. The molecule has 1 N–H and O–H groups in total. The van der Waals surface area contributed by atoms with Gasteiger partial charge in [0.05, 0.1) is 0 Å². The van der Waals surface area contributed by atoms with Gasteiger partial charge in [0.25, 0.3) is 10.2 Å². The quantitative estimate of drug-likeness (QED) is 0.794. The lowest BCUT2D eigenvalue weighted by molar-refractivity contribution is -0.121. The fraction of sp³-hybridized carbons (Fsp3) is 0.588. The van der Waals surface area contributed by atoms with Gasteiger partial charge in [0.15, 0.2) is 0 Å². The van der Waals surface area contributed by atoms with Crippen molar-refractivity contribution < 1.29 is 17.6 Å². The van der Waals surface area contributed by atoms with E-state index < -0.39 is 10.2 Å². The number of benzene rings is 1. The maximum absolute atomic E-state index is 13.5. The smallest absolute Gasteiger partial charge is 0.281 e. The molecule has 8 heteroatoms. The monoisotopic (exact) mass is 371 g/mol. The topological polar surface area (TPSA) is 69.7 Å². The van der Waals surface area contributed by atoms with E-state index in [0.717, 1.165) is 12.8 Å². The van der Waals surface area contributed by atoms with Crippen LogP contribution >= 0.6 is 0 Å². The maximum Gasteiger partial charge on any atom is 0.281 e. The fourth-order valence-electron chi connectivity index (χ4n) is 2.96. The van der Waals surface area contributed by atoms with Crippen LogP contribution in [-0.4, -0.2) is 50.1 Å². The fourth-order valence-corrected chi connectivity index (χ4v) is 4.18. The van der Waals surface area contributed by atoms with E-state index >= 15 is 0 Å². The van der Waals surface area contributed by atoms with Crippen molar-refractivity contribution >= 4 is 16.1 Å². The SMILES string of the molecule is CN(C)S(=O)(=O)N1CCCC(CCC(=O)NCc2ccccc2F)C1.